The highest BCUT2D eigenvalue weighted by Gasteiger charge is 2.25. The summed E-state index contributed by atoms with van der Waals surface area (Å²) in [5, 5.41) is 2.15. The summed E-state index contributed by atoms with van der Waals surface area (Å²) in [7, 11) is -3.53. The third-order valence-corrected chi connectivity index (χ3v) is 7.06. The Balaban J connectivity index is 1.37. The number of sulfonamides is 1. The van der Waals surface area contributed by atoms with E-state index in [-0.39, 0.29) is 11.5 Å². The van der Waals surface area contributed by atoms with E-state index in [4.69, 9.17) is 9.47 Å². The zero-order valence-corrected chi connectivity index (χ0v) is 17.8. The Labute approximate surface area is 181 Å². The molecule has 3 aromatic rings. The second-order valence-electron chi connectivity index (χ2n) is 7.16. The van der Waals surface area contributed by atoms with E-state index in [1.807, 2.05) is 42.5 Å². The first-order valence-electron chi connectivity index (χ1n) is 10.0. The smallest absolute Gasteiger partial charge is 0.331 e. The van der Waals surface area contributed by atoms with Crippen LogP contribution in [0.1, 0.15) is 11.1 Å². The first kappa shape index (κ1) is 21.2. The quantitative estimate of drug-likeness (QED) is 0.435. The summed E-state index contributed by atoms with van der Waals surface area (Å²) >= 11 is 0. The molecule has 1 saturated heterocycles. The lowest BCUT2D eigenvalue weighted by Crippen LogP contribution is -2.40. The van der Waals surface area contributed by atoms with Crippen molar-refractivity contribution in [1.82, 2.24) is 4.31 Å². The largest absolute Gasteiger partial charge is 0.458 e. The number of carbonyl (C=O) groups excluding carboxylic acids is 1. The predicted molar refractivity (Wildman–Crippen MR) is 119 cm³/mol. The number of hydrogen-bond donors (Lipinski definition) is 0. The average molecular weight is 438 g/mol. The van der Waals surface area contributed by atoms with Crippen LogP contribution in [0.2, 0.25) is 0 Å². The van der Waals surface area contributed by atoms with Gasteiger partial charge in [-0.1, -0.05) is 54.6 Å². The summed E-state index contributed by atoms with van der Waals surface area (Å²) in [5.74, 6) is -0.460. The molecule has 0 aromatic heterocycles. The number of benzene rings is 3. The molecule has 1 heterocycles. The number of hydrogen-bond acceptors (Lipinski definition) is 5. The zero-order chi connectivity index (χ0) is 21.7. The third-order valence-electron chi connectivity index (χ3n) is 5.15. The van der Waals surface area contributed by atoms with Gasteiger partial charge in [-0.3, -0.25) is 0 Å². The molecule has 1 fully saturated rings. The lowest BCUT2D eigenvalue weighted by atomic mass is 10.1. The standard InChI is InChI=1S/C24H23NO5S/c26-24(30-18-21-6-3-5-20-4-1-2-7-23(20)21)13-10-19-8-11-22(12-9-19)31(27,28)25-14-16-29-17-15-25/h1-13H,14-18H2. The molecule has 1 aliphatic heterocycles. The highest BCUT2D eigenvalue weighted by atomic mass is 32.2. The van der Waals surface area contributed by atoms with E-state index >= 15 is 0 Å². The van der Waals surface area contributed by atoms with Crippen LogP contribution in [0.5, 0.6) is 0 Å². The van der Waals surface area contributed by atoms with E-state index in [0.717, 1.165) is 16.3 Å². The van der Waals surface area contributed by atoms with Gasteiger partial charge in [-0.15, -0.1) is 0 Å². The van der Waals surface area contributed by atoms with Gasteiger partial charge in [0.15, 0.2) is 0 Å². The van der Waals surface area contributed by atoms with Crippen molar-refractivity contribution < 1.29 is 22.7 Å². The Kier molecular flexibility index (Phi) is 6.46. The lowest BCUT2D eigenvalue weighted by Gasteiger charge is -2.26. The van der Waals surface area contributed by atoms with E-state index in [1.165, 1.54) is 10.4 Å². The van der Waals surface area contributed by atoms with Crippen LogP contribution >= 0.6 is 0 Å². The number of rotatable bonds is 6. The number of morpholine rings is 1. The maximum atomic E-state index is 12.7. The van der Waals surface area contributed by atoms with Crippen molar-refractivity contribution in [3.63, 3.8) is 0 Å². The van der Waals surface area contributed by atoms with Gasteiger partial charge < -0.3 is 9.47 Å². The van der Waals surface area contributed by atoms with Crippen LogP contribution in [0.4, 0.5) is 0 Å². The summed E-state index contributed by atoms with van der Waals surface area (Å²) in [6, 6.07) is 20.3. The molecule has 0 saturated carbocycles. The summed E-state index contributed by atoms with van der Waals surface area (Å²) in [6.45, 7) is 1.70. The van der Waals surface area contributed by atoms with Gasteiger partial charge in [-0.05, 0) is 40.1 Å². The SMILES string of the molecule is O=C(C=Cc1ccc(S(=O)(=O)N2CCOCC2)cc1)OCc1cccc2ccccc12. The molecule has 160 valence electrons. The fourth-order valence-electron chi connectivity index (χ4n) is 3.47. The van der Waals surface area contributed by atoms with Crippen LogP contribution in [0.25, 0.3) is 16.8 Å². The van der Waals surface area contributed by atoms with Crippen LogP contribution in [-0.4, -0.2) is 45.0 Å². The molecule has 1 aliphatic rings. The molecule has 3 aromatic carbocycles. The minimum absolute atomic E-state index is 0.182. The molecule has 6 nitrogen and oxygen atoms in total. The van der Waals surface area contributed by atoms with Gasteiger partial charge in [0.05, 0.1) is 18.1 Å². The van der Waals surface area contributed by atoms with Gasteiger partial charge in [0.1, 0.15) is 6.61 Å². The van der Waals surface area contributed by atoms with Gasteiger partial charge >= 0.3 is 5.97 Å². The van der Waals surface area contributed by atoms with E-state index in [1.54, 1.807) is 30.3 Å². The molecule has 0 amide bonds. The Morgan fingerprint density at radius 3 is 2.45 bits per heavy atom. The van der Waals surface area contributed by atoms with E-state index in [9.17, 15) is 13.2 Å². The highest BCUT2D eigenvalue weighted by Crippen LogP contribution is 2.20. The Bertz CT molecular complexity index is 1190. The second-order valence-corrected chi connectivity index (χ2v) is 9.10. The van der Waals surface area contributed by atoms with Crippen molar-refractivity contribution in [2.75, 3.05) is 26.3 Å². The summed E-state index contributed by atoms with van der Waals surface area (Å²) in [6.07, 6.45) is 2.95. The number of ether oxygens (including phenoxy) is 2. The summed E-state index contributed by atoms with van der Waals surface area (Å²) in [5.41, 5.74) is 1.65. The Hall–Kier alpha value is -3.00. The molecule has 31 heavy (non-hydrogen) atoms. The van der Waals surface area contributed by atoms with Crippen LogP contribution in [0, 0.1) is 0 Å². The zero-order valence-electron chi connectivity index (χ0n) is 16.9. The number of nitrogens with zero attached hydrogens (tertiary/aromatic N) is 1. The number of esters is 1. The van der Waals surface area contributed by atoms with Gasteiger partial charge in [0.2, 0.25) is 10.0 Å². The van der Waals surface area contributed by atoms with Crippen LogP contribution < -0.4 is 0 Å². The molecule has 0 radical (unpaired) electrons. The van der Waals surface area contributed by atoms with Crippen LogP contribution in [0.15, 0.2) is 77.7 Å². The molecule has 0 atom stereocenters. The minimum Gasteiger partial charge on any atom is -0.458 e. The maximum absolute atomic E-state index is 12.7. The lowest BCUT2D eigenvalue weighted by molar-refractivity contribution is -0.138. The fraction of sp³-hybridized carbons (Fsp3) is 0.208. The fourth-order valence-corrected chi connectivity index (χ4v) is 4.87. The maximum Gasteiger partial charge on any atom is 0.331 e. The number of carbonyl (C=O) groups is 1. The normalized spacial score (nSPS) is 15.4. The summed E-state index contributed by atoms with van der Waals surface area (Å²) < 4.78 is 37.3. The molecule has 0 spiro atoms. The van der Waals surface area contributed by atoms with Gasteiger partial charge in [0.25, 0.3) is 0 Å². The van der Waals surface area contributed by atoms with Crippen LogP contribution in [-0.2, 0) is 30.9 Å². The molecule has 0 bridgehead atoms. The van der Waals surface area contributed by atoms with Gasteiger partial charge in [-0.25, -0.2) is 13.2 Å². The predicted octanol–water partition coefficient (Wildman–Crippen LogP) is 3.62. The molecular weight excluding hydrogens is 414 g/mol. The summed E-state index contributed by atoms with van der Waals surface area (Å²) in [4.78, 5) is 12.4. The first-order chi connectivity index (χ1) is 15.0. The Morgan fingerprint density at radius 1 is 0.968 bits per heavy atom. The van der Waals surface area contributed by atoms with E-state index in [0.29, 0.717) is 31.9 Å². The molecule has 0 aliphatic carbocycles. The topological polar surface area (TPSA) is 72.9 Å². The number of fused-ring (bicyclic) bond motifs is 1. The van der Waals surface area contributed by atoms with Crippen molar-refractivity contribution in [2.24, 2.45) is 0 Å². The molecule has 0 N–H and O–H groups in total. The molecule has 4 rings (SSSR count). The van der Waals surface area contributed by atoms with Crippen molar-refractivity contribution >= 4 is 32.8 Å². The monoisotopic (exact) mass is 437 g/mol. The van der Waals surface area contributed by atoms with Crippen molar-refractivity contribution in [1.29, 1.82) is 0 Å². The highest BCUT2D eigenvalue weighted by molar-refractivity contribution is 7.89. The Morgan fingerprint density at radius 2 is 1.68 bits per heavy atom. The van der Waals surface area contributed by atoms with Gasteiger partial charge in [0, 0.05) is 19.2 Å². The van der Waals surface area contributed by atoms with E-state index in [2.05, 4.69) is 0 Å². The third kappa shape index (κ3) is 5.02. The van der Waals surface area contributed by atoms with Gasteiger partial charge in [-0.2, -0.15) is 4.31 Å². The molecular formula is C24H23NO5S. The molecule has 7 heteroatoms. The average Bonchev–Trinajstić information content (AvgIpc) is 2.82. The van der Waals surface area contributed by atoms with E-state index < -0.39 is 16.0 Å². The second kappa shape index (κ2) is 9.43. The minimum atomic E-state index is -3.53. The van der Waals surface area contributed by atoms with Crippen LogP contribution in [0.3, 0.4) is 0 Å². The van der Waals surface area contributed by atoms with Crippen molar-refractivity contribution in [2.45, 2.75) is 11.5 Å². The first-order valence-corrected chi connectivity index (χ1v) is 11.5. The molecule has 0 unspecified atom stereocenters. The van der Waals surface area contributed by atoms with Crippen molar-refractivity contribution in [3.8, 4) is 0 Å². The van der Waals surface area contributed by atoms with Crippen molar-refractivity contribution in [3.05, 3.63) is 83.9 Å².